The third-order valence-electron chi connectivity index (χ3n) is 2.02. The van der Waals surface area contributed by atoms with E-state index in [-0.39, 0.29) is 5.82 Å². The molecule has 0 bridgehead atoms. The molecule has 0 radical (unpaired) electrons. The molecule has 1 rings (SSSR count). The minimum absolute atomic E-state index is 0.213. The maximum Gasteiger partial charge on any atom is 0.124 e. The highest BCUT2D eigenvalue weighted by molar-refractivity contribution is 9.10. The molecule has 1 N–H and O–H groups in total. The summed E-state index contributed by atoms with van der Waals surface area (Å²) in [5.74, 6) is 0.988. The summed E-state index contributed by atoms with van der Waals surface area (Å²) in [4.78, 5) is 0. The van der Waals surface area contributed by atoms with E-state index in [9.17, 15) is 4.39 Å². The van der Waals surface area contributed by atoms with E-state index in [0.29, 0.717) is 0 Å². The molecule has 0 saturated heterocycles. The average Bonchev–Trinajstić information content (AvgIpc) is 2.20. The van der Waals surface area contributed by atoms with Crippen LogP contribution in [0.15, 0.2) is 22.7 Å². The van der Waals surface area contributed by atoms with Gasteiger partial charge in [0.1, 0.15) is 5.82 Å². The van der Waals surface area contributed by atoms with E-state index in [1.165, 1.54) is 24.3 Å². The topological polar surface area (TPSA) is 12.0 Å². The van der Waals surface area contributed by atoms with Crippen molar-refractivity contribution in [1.29, 1.82) is 0 Å². The molecule has 0 amide bonds. The first-order valence-electron chi connectivity index (χ1n) is 4.92. The molecule has 0 heterocycles. The van der Waals surface area contributed by atoms with Gasteiger partial charge in [0.25, 0.3) is 0 Å². The third-order valence-corrected chi connectivity index (χ3v) is 3.37. The molecule has 0 spiro atoms. The van der Waals surface area contributed by atoms with Crippen LogP contribution in [-0.4, -0.2) is 18.6 Å². The summed E-state index contributed by atoms with van der Waals surface area (Å²) in [5.41, 5.74) is 0.959. The quantitative estimate of drug-likeness (QED) is 0.791. The van der Waals surface area contributed by atoms with Gasteiger partial charge in [-0.3, -0.25) is 0 Å². The lowest BCUT2D eigenvalue weighted by Crippen LogP contribution is -2.02. The van der Waals surface area contributed by atoms with Crippen LogP contribution in [0, 0.1) is 5.82 Å². The van der Waals surface area contributed by atoms with Crippen molar-refractivity contribution in [2.45, 2.75) is 12.8 Å². The lowest BCUT2D eigenvalue weighted by Gasteiger charge is -2.07. The molecule has 4 heteroatoms. The molecule has 0 unspecified atom stereocenters. The van der Waals surface area contributed by atoms with Gasteiger partial charge in [0, 0.05) is 16.7 Å². The van der Waals surface area contributed by atoms with E-state index in [0.717, 1.165) is 23.1 Å². The Morgan fingerprint density at radius 1 is 1.40 bits per heavy atom. The highest BCUT2D eigenvalue weighted by atomic mass is 79.9. The molecule has 0 aliphatic heterocycles. The van der Waals surface area contributed by atoms with E-state index in [1.54, 1.807) is 6.07 Å². The Hall–Kier alpha value is -0.220. The van der Waals surface area contributed by atoms with E-state index in [1.807, 2.05) is 11.8 Å². The molecule has 0 aliphatic rings. The van der Waals surface area contributed by atoms with Crippen LogP contribution in [-0.2, 0) is 0 Å². The van der Waals surface area contributed by atoms with Crippen LogP contribution in [0.25, 0.3) is 0 Å². The van der Waals surface area contributed by atoms with Gasteiger partial charge >= 0.3 is 0 Å². The van der Waals surface area contributed by atoms with Crippen molar-refractivity contribution >= 4 is 33.4 Å². The van der Waals surface area contributed by atoms with Gasteiger partial charge < -0.3 is 5.32 Å². The fourth-order valence-electron chi connectivity index (χ4n) is 1.23. The fraction of sp³-hybridized carbons (Fsp3) is 0.455. The highest BCUT2D eigenvalue weighted by Gasteiger charge is 1.99. The summed E-state index contributed by atoms with van der Waals surface area (Å²) < 4.78 is 13.6. The van der Waals surface area contributed by atoms with E-state index >= 15 is 0 Å². The van der Waals surface area contributed by atoms with Crippen molar-refractivity contribution in [1.82, 2.24) is 0 Å². The lowest BCUT2D eigenvalue weighted by atomic mass is 10.3. The second kappa shape index (κ2) is 7.12. The fourth-order valence-corrected chi connectivity index (χ4v) is 2.21. The molecule has 1 nitrogen and oxygen atoms in total. The largest absolute Gasteiger partial charge is 0.384 e. The maximum absolute atomic E-state index is 12.8. The summed E-state index contributed by atoms with van der Waals surface area (Å²) in [6, 6.07) is 4.70. The number of halogens is 2. The van der Waals surface area contributed by atoms with Crippen LogP contribution in [0.5, 0.6) is 0 Å². The van der Waals surface area contributed by atoms with E-state index in [2.05, 4.69) is 27.5 Å². The third kappa shape index (κ3) is 4.89. The number of hydrogen-bond acceptors (Lipinski definition) is 2. The van der Waals surface area contributed by atoms with Gasteiger partial charge in [0.15, 0.2) is 0 Å². The summed E-state index contributed by atoms with van der Waals surface area (Å²) in [5, 5.41) is 3.28. The monoisotopic (exact) mass is 291 g/mol. The summed E-state index contributed by atoms with van der Waals surface area (Å²) in [6.45, 7) is 0.935. The van der Waals surface area contributed by atoms with Crippen LogP contribution >= 0.6 is 27.7 Å². The maximum atomic E-state index is 12.8. The minimum Gasteiger partial charge on any atom is -0.384 e. The van der Waals surface area contributed by atoms with Crippen LogP contribution in [0.3, 0.4) is 0 Å². The summed E-state index contributed by atoms with van der Waals surface area (Å²) in [6.07, 6.45) is 4.47. The SMILES string of the molecule is CSCCCCNc1ccc(F)cc1Br. The Labute approximate surface area is 103 Å². The number of anilines is 1. The first kappa shape index (κ1) is 12.8. The first-order valence-corrected chi connectivity index (χ1v) is 7.10. The number of unbranched alkanes of at least 4 members (excludes halogenated alkanes) is 1. The molecule has 15 heavy (non-hydrogen) atoms. The molecule has 0 fully saturated rings. The average molecular weight is 292 g/mol. The number of benzene rings is 1. The molecule has 84 valence electrons. The summed E-state index contributed by atoms with van der Waals surface area (Å²) >= 11 is 5.19. The van der Waals surface area contributed by atoms with Crippen molar-refractivity contribution in [3.63, 3.8) is 0 Å². The van der Waals surface area contributed by atoms with Crippen LogP contribution < -0.4 is 5.32 Å². The molecule has 0 aliphatic carbocycles. The second-order valence-electron chi connectivity index (χ2n) is 3.25. The number of rotatable bonds is 6. The van der Waals surface area contributed by atoms with Crippen molar-refractivity contribution < 1.29 is 4.39 Å². The predicted octanol–water partition coefficient (Wildman–Crippen LogP) is 4.14. The standard InChI is InChI=1S/C11H15BrFNS/c1-15-7-3-2-6-14-11-5-4-9(13)8-10(11)12/h4-5,8,14H,2-3,6-7H2,1H3. The van der Waals surface area contributed by atoms with E-state index < -0.39 is 0 Å². The molecule has 0 saturated carbocycles. The van der Waals surface area contributed by atoms with Gasteiger partial charge in [-0.1, -0.05) is 0 Å². The predicted molar refractivity (Wildman–Crippen MR) is 70.2 cm³/mol. The van der Waals surface area contributed by atoms with Crippen molar-refractivity contribution in [2.75, 3.05) is 23.9 Å². The zero-order valence-corrected chi connectivity index (χ0v) is 11.1. The Morgan fingerprint density at radius 2 is 2.20 bits per heavy atom. The smallest absolute Gasteiger partial charge is 0.124 e. The number of thioether (sulfide) groups is 1. The van der Waals surface area contributed by atoms with E-state index in [4.69, 9.17) is 0 Å². The Balaban J connectivity index is 2.31. The van der Waals surface area contributed by atoms with Gasteiger partial charge in [-0.2, -0.15) is 11.8 Å². The van der Waals surface area contributed by atoms with Crippen LogP contribution in [0.1, 0.15) is 12.8 Å². The van der Waals surface area contributed by atoms with Gasteiger partial charge in [0.05, 0.1) is 0 Å². The van der Waals surface area contributed by atoms with Gasteiger partial charge in [-0.05, 0) is 59.0 Å². The van der Waals surface area contributed by atoms with Crippen LogP contribution in [0.4, 0.5) is 10.1 Å². The zero-order chi connectivity index (χ0) is 11.1. The highest BCUT2D eigenvalue weighted by Crippen LogP contribution is 2.22. The Morgan fingerprint density at radius 3 is 2.87 bits per heavy atom. The number of nitrogens with one attached hydrogen (secondary N) is 1. The van der Waals surface area contributed by atoms with Crippen LogP contribution in [0.2, 0.25) is 0 Å². The normalized spacial score (nSPS) is 10.3. The van der Waals surface area contributed by atoms with Crippen molar-refractivity contribution in [3.8, 4) is 0 Å². The molecular weight excluding hydrogens is 277 g/mol. The molecule has 0 atom stereocenters. The Bertz CT molecular complexity index is 307. The minimum atomic E-state index is -0.213. The lowest BCUT2D eigenvalue weighted by molar-refractivity contribution is 0.627. The zero-order valence-electron chi connectivity index (χ0n) is 8.72. The Kier molecular flexibility index (Phi) is 6.10. The van der Waals surface area contributed by atoms with Crippen molar-refractivity contribution in [3.05, 3.63) is 28.5 Å². The molecular formula is C11H15BrFNS. The van der Waals surface area contributed by atoms with Crippen molar-refractivity contribution in [2.24, 2.45) is 0 Å². The molecule has 1 aromatic carbocycles. The molecule has 0 aromatic heterocycles. The molecule has 1 aromatic rings. The van der Waals surface area contributed by atoms with Gasteiger partial charge in [-0.25, -0.2) is 4.39 Å². The van der Waals surface area contributed by atoms with Gasteiger partial charge in [0.2, 0.25) is 0 Å². The second-order valence-corrected chi connectivity index (χ2v) is 5.09. The first-order chi connectivity index (χ1) is 7.24. The number of hydrogen-bond donors (Lipinski definition) is 1. The van der Waals surface area contributed by atoms with Gasteiger partial charge in [-0.15, -0.1) is 0 Å². The summed E-state index contributed by atoms with van der Waals surface area (Å²) in [7, 11) is 0.